The molecule has 0 radical (unpaired) electrons. The topological polar surface area (TPSA) is 51.2 Å². The molecule has 0 saturated carbocycles. The molecule has 0 fully saturated rings. The molecule has 0 spiro atoms. The Hall–Kier alpha value is -3.58. The summed E-state index contributed by atoms with van der Waals surface area (Å²) >= 11 is 1.28. The summed E-state index contributed by atoms with van der Waals surface area (Å²) in [4.78, 5) is 18.2. The van der Waals surface area contributed by atoms with Crippen molar-refractivity contribution in [3.8, 4) is 27.3 Å². The number of pyridine rings is 1. The molecule has 4 aromatic rings. The molecule has 1 N–H and O–H groups in total. The zero-order valence-electron chi connectivity index (χ0n) is 16.2. The van der Waals surface area contributed by atoms with Crippen molar-refractivity contribution in [1.82, 2.24) is 4.98 Å². The van der Waals surface area contributed by atoms with Crippen LogP contribution >= 0.6 is 11.3 Å². The summed E-state index contributed by atoms with van der Waals surface area (Å²) in [5, 5.41) is 2.36. The van der Waals surface area contributed by atoms with Crippen LogP contribution in [0.1, 0.15) is 15.2 Å². The highest BCUT2D eigenvalue weighted by molar-refractivity contribution is 7.17. The zero-order valence-corrected chi connectivity index (χ0v) is 17.0. The smallest absolute Gasteiger partial charge is 0.265 e. The molecule has 1 aliphatic rings. The molecule has 31 heavy (non-hydrogen) atoms. The van der Waals surface area contributed by atoms with Crippen LogP contribution in [0.3, 0.4) is 0 Å². The van der Waals surface area contributed by atoms with Crippen LogP contribution in [0.2, 0.25) is 0 Å². The number of nitrogens with zero attached hydrogens (tertiary/aromatic N) is 1. The molecule has 0 aliphatic carbocycles. The number of hydrogen-bond donors (Lipinski definition) is 1. The van der Waals surface area contributed by atoms with Crippen molar-refractivity contribution in [2.24, 2.45) is 0 Å². The van der Waals surface area contributed by atoms with Crippen LogP contribution in [-0.2, 0) is 6.42 Å². The lowest BCUT2D eigenvalue weighted by Gasteiger charge is -2.10. The number of rotatable bonds is 3. The molecular weight excluding hydrogens is 418 g/mol. The largest absolute Gasteiger partial charge is 0.493 e. The summed E-state index contributed by atoms with van der Waals surface area (Å²) in [5.41, 5.74) is 3.36. The fourth-order valence-corrected chi connectivity index (χ4v) is 4.69. The fourth-order valence-electron chi connectivity index (χ4n) is 3.56. The Morgan fingerprint density at radius 1 is 1.03 bits per heavy atom. The van der Waals surface area contributed by atoms with Gasteiger partial charge in [-0.15, -0.1) is 11.3 Å². The molecule has 2 aromatic heterocycles. The van der Waals surface area contributed by atoms with Gasteiger partial charge in [0, 0.05) is 34.8 Å². The highest BCUT2D eigenvalue weighted by Gasteiger charge is 2.23. The number of ether oxygens (including phenoxy) is 1. The highest BCUT2D eigenvalue weighted by atomic mass is 32.1. The lowest BCUT2D eigenvalue weighted by Crippen LogP contribution is -2.13. The van der Waals surface area contributed by atoms with Gasteiger partial charge < -0.3 is 10.1 Å². The molecule has 0 unspecified atom stereocenters. The van der Waals surface area contributed by atoms with E-state index in [1.807, 2.05) is 30.3 Å². The van der Waals surface area contributed by atoms with E-state index in [0.29, 0.717) is 17.9 Å². The van der Waals surface area contributed by atoms with Crippen molar-refractivity contribution in [3.05, 3.63) is 89.1 Å². The van der Waals surface area contributed by atoms with E-state index in [4.69, 9.17) is 4.74 Å². The minimum atomic E-state index is -0.814. The third kappa shape index (κ3) is 3.68. The van der Waals surface area contributed by atoms with E-state index in [1.54, 1.807) is 18.5 Å². The molecule has 1 amide bonds. The molecule has 154 valence electrons. The van der Waals surface area contributed by atoms with E-state index in [9.17, 15) is 13.6 Å². The Balaban J connectivity index is 1.53. The first-order chi connectivity index (χ1) is 15.1. The lowest BCUT2D eigenvalue weighted by atomic mass is 10.0. The van der Waals surface area contributed by atoms with Crippen LogP contribution in [0, 0.1) is 11.6 Å². The molecule has 4 nitrogen and oxygen atoms in total. The number of anilines is 1. The predicted molar refractivity (Wildman–Crippen MR) is 116 cm³/mol. The van der Waals surface area contributed by atoms with Crippen LogP contribution in [-0.4, -0.2) is 17.5 Å². The first-order valence-corrected chi connectivity index (χ1v) is 10.5. The van der Waals surface area contributed by atoms with Crippen LogP contribution in [0.5, 0.6) is 5.75 Å². The van der Waals surface area contributed by atoms with Crippen LogP contribution in [0.25, 0.3) is 21.6 Å². The van der Waals surface area contributed by atoms with E-state index in [-0.39, 0.29) is 0 Å². The molecule has 3 heterocycles. The number of nitrogens with one attached hydrogen (secondary N) is 1. The van der Waals surface area contributed by atoms with Gasteiger partial charge in [-0.1, -0.05) is 18.2 Å². The van der Waals surface area contributed by atoms with Crippen molar-refractivity contribution in [1.29, 1.82) is 0 Å². The van der Waals surface area contributed by atoms with E-state index in [0.717, 1.165) is 45.0 Å². The summed E-state index contributed by atoms with van der Waals surface area (Å²) in [6.45, 7) is 0.478. The Kier molecular flexibility index (Phi) is 4.95. The predicted octanol–water partition coefficient (Wildman–Crippen LogP) is 5.94. The van der Waals surface area contributed by atoms with Gasteiger partial charge in [-0.25, -0.2) is 8.78 Å². The fraction of sp³-hybridized carbons (Fsp3) is 0.0833. The number of fused-ring (bicyclic) bond motifs is 3. The number of amides is 1. The second-order valence-electron chi connectivity index (χ2n) is 7.07. The summed E-state index contributed by atoms with van der Waals surface area (Å²) in [6, 6.07) is 15.0. The van der Waals surface area contributed by atoms with E-state index in [2.05, 4.69) is 10.3 Å². The standard InChI is InChI=1S/C24H16F2N2O2S/c25-18-4-1-5-19(26)22(18)28-24(29)21-12-15-8-10-30-20-7-6-14(11-17(20)23(15)31-21)16-3-2-9-27-13-16/h1-7,9,11-13H,8,10H2,(H,28,29). The van der Waals surface area contributed by atoms with Crippen molar-refractivity contribution in [2.75, 3.05) is 11.9 Å². The Morgan fingerprint density at radius 3 is 2.65 bits per heavy atom. The number of carbonyl (C=O) groups is 1. The Labute approximate surface area is 181 Å². The van der Waals surface area contributed by atoms with Crippen molar-refractivity contribution >= 4 is 22.9 Å². The van der Waals surface area contributed by atoms with Crippen LogP contribution in [0.4, 0.5) is 14.5 Å². The highest BCUT2D eigenvalue weighted by Crippen LogP contribution is 2.42. The van der Waals surface area contributed by atoms with Crippen molar-refractivity contribution in [2.45, 2.75) is 6.42 Å². The monoisotopic (exact) mass is 434 g/mol. The van der Waals surface area contributed by atoms with Gasteiger partial charge >= 0.3 is 0 Å². The molecule has 1 aliphatic heterocycles. The number of thiophene rings is 1. The van der Waals surface area contributed by atoms with E-state index in [1.165, 1.54) is 17.4 Å². The lowest BCUT2D eigenvalue weighted by molar-refractivity contribution is 0.102. The maximum Gasteiger partial charge on any atom is 0.265 e. The summed E-state index contributed by atoms with van der Waals surface area (Å²) in [5.74, 6) is -1.44. The van der Waals surface area contributed by atoms with Gasteiger partial charge in [-0.05, 0) is 47.5 Å². The van der Waals surface area contributed by atoms with Crippen LogP contribution < -0.4 is 10.1 Å². The molecule has 0 bridgehead atoms. The third-order valence-electron chi connectivity index (χ3n) is 5.08. The van der Waals surface area contributed by atoms with Crippen LogP contribution in [0.15, 0.2) is 67.0 Å². The SMILES string of the molecule is O=C(Nc1c(F)cccc1F)c1cc2c(s1)-c1cc(-c3cccnc3)ccc1OCC2. The number of hydrogen-bond acceptors (Lipinski definition) is 4. The van der Waals surface area contributed by atoms with Gasteiger partial charge in [0.2, 0.25) is 0 Å². The number of para-hydroxylation sites is 1. The maximum atomic E-state index is 13.9. The normalized spacial score (nSPS) is 12.3. The second kappa shape index (κ2) is 7.92. The van der Waals surface area contributed by atoms with Crippen molar-refractivity contribution in [3.63, 3.8) is 0 Å². The molecule has 7 heteroatoms. The number of carbonyl (C=O) groups excluding carboxylic acids is 1. The second-order valence-corrected chi connectivity index (χ2v) is 8.12. The molecule has 2 aromatic carbocycles. The number of halogens is 2. The average molecular weight is 434 g/mol. The van der Waals surface area contributed by atoms with Gasteiger partial charge in [0.25, 0.3) is 5.91 Å². The van der Waals surface area contributed by atoms with E-state index >= 15 is 0 Å². The first kappa shape index (κ1) is 19.4. The first-order valence-electron chi connectivity index (χ1n) is 9.66. The van der Waals surface area contributed by atoms with Gasteiger partial charge in [0.1, 0.15) is 23.1 Å². The Bertz CT molecular complexity index is 1270. The van der Waals surface area contributed by atoms with Gasteiger partial charge in [-0.3, -0.25) is 9.78 Å². The zero-order chi connectivity index (χ0) is 21.4. The quantitative estimate of drug-likeness (QED) is 0.434. The van der Waals surface area contributed by atoms with E-state index < -0.39 is 23.2 Å². The summed E-state index contributed by atoms with van der Waals surface area (Å²) in [6.07, 6.45) is 4.14. The minimum absolute atomic E-state index is 0.382. The number of aromatic nitrogens is 1. The van der Waals surface area contributed by atoms with Gasteiger partial charge in [0.15, 0.2) is 0 Å². The van der Waals surface area contributed by atoms with Gasteiger partial charge in [-0.2, -0.15) is 0 Å². The third-order valence-corrected chi connectivity index (χ3v) is 6.29. The Morgan fingerprint density at radius 2 is 1.87 bits per heavy atom. The van der Waals surface area contributed by atoms with Crippen molar-refractivity contribution < 1.29 is 18.3 Å². The summed E-state index contributed by atoms with van der Waals surface area (Å²) in [7, 11) is 0. The number of benzene rings is 2. The maximum absolute atomic E-state index is 13.9. The minimum Gasteiger partial charge on any atom is -0.493 e. The average Bonchev–Trinajstić information content (AvgIpc) is 3.14. The molecule has 5 rings (SSSR count). The molecule has 0 saturated heterocycles. The van der Waals surface area contributed by atoms with Gasteiger partial charge in [0.05, 0.1) is 11.5 Å². The summed E-state index contributed by atoms with van der Waals surface area (Å²) < 4.78 is 33.8. The molecular formula is C24H16F2N2O2S. The molecule has 0 atom stereocenters.